The summed E-state index contributed by atoms with van der Waals surface area (Å²) in [5, 5.41) is 0. The van der Waals surface area contributed by atoms with Crippen LogP contribution in [0.2, 0.25) is 0 Å². The molecule has 0 aromatic rings. The second-order valence-electron chi connectivity index (χ2n) is 14.0. The van der Waals surface area contributed by atoms with Gasteiger partial charge in [-0.3, -0.25) is 4.79 Å². The predicted octanol–water partition coefficient (Wildman–Crippen LogP) is 15.0. The first kappa shape index (κ1) is 43.2. The summed E-state index contributed by atoms with van der Waals surface area (Å²) in [6, 6.07) is 0. The van der Waals surface area contributed by atoms with E-state index in [1.165, 1.54) is 199 Å². The largest absolute Gasteiger partial charge is 0.465 e. The lowest BCUT2D eigenvalue weighted by atomic mass is 9.94. The fraction of sp³-hybridized carbons (Fsp3) is 0.929. The topological polar surface area (TPSA) is 26.3 Å². The van der Waals surface area contributed by atoms with E-state index in [1.54, 1.807) is 0 Å². The quantitative estimate of drug-likeness (QED) is 0.0393. The molecule has 0 fully saturated rings. The summed E-state index contributed by atoms with van der Waals surface area (Å²) in [5.74, 6) is 0.244. The molecule has 0 N–H and O–H groups in total. The van der Waals surface area contributed by atoms with Crippen LogP contribution in [-0.4, -0.2) is 12.6 Å². The maximum absolute atomic E-state index is 13.0. The highest BCUT2D eigenvalue weighted by molar-refractivity contribution is 5.72. The average molecular weight is 619 g/mol. The first-order valence-electron chi connectivity index (χ1n) is 20.6. The number of unbranched alkanes of at least 4 members (excludes halogenated alkanes) is 28. The van der Waals surface area contributed by atoms with Crippen LogP contribution >= 0.6 is 0 Å². The summed E-state index contributed by atoms with van der Waals surface area (Å²) < 4.78 is 5.82. The second-order valence-corrected chi connectivity index (χ2v) is 14.0. The molecule has 0 radical (unpaired) electrons. The standard InChI is InChI=1S/C42H82O2/c1-4-7-10-13-16-18-20-21-22-23-24-25-26-27-28-30-33-36-39-41(38-35-32-15-12-9-6-3)42(43)44-40-37-34-31-29-19-17-14-11-8-5-2/h21-22,41H,4-20,23-40H2,1-3H3/b22-21-. The third-order valence-corrected chi connectivity index (χ3v) is 9.55. The average Bonchev–Trinajstić information content (AvgIpc) is 3.03. The molecule has 2 heteroatoms. The smallest absolute Gasteiger partial charge is 0.308 e. The van der Waals surface area contributed by atoms with Gasteiger partial charge in [-0.1, -0.05) is 206 Å². The zero-order valence-corrected chi connectivity index (χ0v) is 30.8. The molecule has 0 amide bonds. The highest BCUT2D eigenvalue weighted by atomic mass is 16.5. The van der Waals surface area contributed by atoms with E-state index >= 15 is 0 Å². The Bertz CT molecular complexity index is 568. The minimum absolute atomic E-state index is 0.107. The van der Waals surface area contributed by atoms with Crippen molar-refractivity contribution in [2.24, 2.45) is 5.92 Å². The van der Waals surface area contributed by atoms with Gasteiger partial charge in [-0.15, -0.1) is 0 Å². The van der Waals surface area contributed by atoms with E-state index in [9.17, 15) is 4.79 Å². The molecule has 0 aromatic heterocycles. The maximum atomic E-state index is 13.0. The molecular formula is C42H82O2. The Kier molecular flexibility index (Phi) is 37.7. The van der Waals surface area contributed by atoms with Crippen molar-refractivity contribution in [3.63, 3.8) is 0 Å². The van der Waals surface area contributed by atoms with Gasteiger partial charge >= 0.3 is 5.97 Å². The molecule has 0 saturated carbocycles. The van der Waals surface area contributed by atoms with Crippen LogP contribution in [0.4, 0.5) is 0 Å². The van der Waals surface area contributed by atoms with Crippen molar-refractivity contribution >= 4 is 5.97 Å². The number of hydrogen-bond donors (Lipinski definition) is 0. The van der Waals surface area contributed by atoms with Gasteiger partial charge in [0.25, 0.3) is 0 Å². The van der Waals surface area contributed by atoms with Gasteiger partial charge in [0.15, 0.2) is 0 Å². The third-order valence-electron chi connectivity index (χ3n) is 9.55. The first-order chi connectivity index (χ1) is 21.8. The number of rotatable bonds is 37. The van der Waals surface area contributed by atoms with Crippen molar-refractivity contribution in [1.29, 1.82) is 0 Å². The third kappa shape index (κ3) is 34.1. The minimum atomic E-state index is 0.107. The van der Waals surface area contributed by atoms with E-state index in [-0.39, 0.29) is 11.9 Å². The van der Waals surface area contributed by atoms with Crippen molar-refractivity contribution in [3.8, 4) is 0 Å². The first-order valence-corrected chi connectivity index (χ1v) is 20.6. The summed E-state index contributed by atoms with van der Waals surface area (Å²) in [4.78, 5) is 13.0. The van der Waals surface area contributed by atoms with E-state index in [4.69, 9.17) is 4.74 Å². The number of esters is 1. The summed E-state index contributed by atoms with van der Waals surface area (Å²) >= 11 is 0. The van der Waals surface area contributed by atoms with Gasteiger partial charge in [0, 0.05) is 0 Å². The van der Waals surface area contributed by atoms with Crippen LogP contribution in [0.3, 0.4) is 0 Å². The van der Waals surface area contributed by atoms with Gasteiger partial charge in [0.1, 0.15) is 0 Å². The Labute approximate surface area is 278 Å². The summed E-state index contributed by atoms with van der Waals surface area (Å²) in [6.07, 6.45) is 49.5. The summed E-state index contributed by atoms with van der Waals surface area (Å²) in [5.41, 5.74) is 0. The zero-order valence-electron chi connectivity index (χ0n) is 30.8. The molecule has 0 rings (SSSR count). The zero-order chi connectivity index (χ0) is 32.0. The molecule has 44 heavy (non-hydrogen) atoms. The Morgan fingerprint density at radius 1 is 0.409 bits per heavy atom. The van der Waals surface area contributed by atoms with Crippen molar-refractivity contribution in [3.05, 3.63) is 12.2 Å². The molecule has 0 aliphatic rings. The predicted molar refractivity (Wildman–Crippen MR) is 198 cm³/mol. The molecule has 0 aromatic carbocycles. The fourth-order valence-electron chi connectivity index (χ4n) is 6.42. The van der Waals surface area contributed by atoms with Crippen LogP contribution in [0.1, 0.15) is 239 Å². The number of carbonyl (C=O) groups is 1. The molecular weight excluding hydrogens is 536 g/mol. The highest BCUT2D eigenvalue weighted by Gasteiger charge is 2.19. The Hall–Kier alpha value is -0.790. The van der Waals surface area contributed by atoms with Crippen LogP contribution in [0.15, 0.2) is 12.2 Å². The Morgan fingerprint density at radius 2 is 0.705 bits per heavy atom. The van der Waals surface area contributed by atoms with Crippen LogP contribution in [0.5, 0.6) is 0 Å². The molecule has 0 heterocycles. The number of carbonyl (C=O) groups excluding carboxylic acids is 1. The Balaban J connectivity index is 3.89. The van der Waals surface area contributed by atoms with Crippen LogP contribution in [-0.2, 0) is 9.53 Å². The molecule has 262 valence electrons. The molecule has 0 aliphatic heterocycles. The molecule has 0 spiro atoms. The summed E-state index contributed by atoms with van der Waals surface area (Å²) in [6.45, 7) is 7.48. The lowest BCUT2D eigenvalue weighted by Crippen LogP contribution is -2.18. The molecule has 0 saturated heterocycles. The molecule has 1 unspecified atom stereocenters. The SMILES string of the molecule is CCCCCCCC/C=C\CCCCCCCCCCC(CCCCCCCC)C(=O)OCCCCCCCCCCCC. The van der Waals surface area contributed by atoms with Crippen LogP contribution in [0.25, 0.3) is 0 Å². The second kappa shape index (κ2) is 38.4. The highest BCUT2D eigenvalue weighted by Crippen LogP contribution is 2.21. The van der Waals surface area contributed by atoms with Gasteiger partial charge in [-0.05, 0) is 44.9 Å². The number of hydrogen-bond acceptors (Lipinski definition) is 2. The van der Waals surface area contributed by atoms with E-state index in [2.05, 4.69) is 32.9 Å². The van der Waals surface area contributed by atoms with E-state index < -0.39 is 0 Å². The van der Waals surface area contributed by atoms with Gasteiger partial charge in [-0.2, -0.15) is 0 Å². The van der Waals surface area contributed by atoms with Crippen molar-refractivity contribution in [1.82, 2.24) is 0 Å². The van der Waals surface area contributed by atoms with Gasteiger partial charge in [-0.25, -0.2) is 0 Å². The van der Waals surface area contributed by atoms with Crippen molar-refractivity contribution < 1.29 is 9.53 Å². The van der Waals surface area contributed by atoms with Crippen LogP contribution < -0.4 is 0 Å². The minimum Gasteiger partial charge on any atom is -0.465 e. The maximum Gasteiger partial charge on any atom is 0.308 e. The Morgan fingerprint density at radius 3 is 1.07 bits per heavy atom. The molecule has 0 aliphatic carbocycles. The van der Waals surface area contributed by atoms with Gasteiger partial charge in [0.2, 0.25) is 0 Å². The van der Waals surface area contributed by atoms with Gasteiger partial charge < -0.3 is 4.74 Å². The molecule has 1 atom stereocenters. The van der Waals surface area contributed by atoms with Gasteiger partial charge in [0.05, 0.1) is 12.5 Å². The number of allylic oxidation sites excluding steroid dienone is 2. The lowest BCUT2D eigenvalue weighted by Gasteiger charge is -2.16. The van der Waals surface area contributed by atoms with E-state index in [0.29, 0.717) is 6.61 Å². The fourth-order valence-corrected chi connectivity index (χ4v) is 6.42. The number of ether oxygens (including phenoxy) is 1. The lowest BCUT2D eigenvalue weighted by molar-refractivity contribution is -0.149. The van der Waals surface area contributed by atoms with E-state index in [0.717, 1.165) is 19.3 Å². The monoisotopic (exact) mass is 619 g/mol. The summed E-state index contributed by atoms with van der Waals surface area (Å²) in [7, 11) is 0. The van der Waals surface area contributed by atoms with Crippen molar-refractivity contribution in [2.45, 2.75) is 239 Å². The normalized spacial score (nSPS) is 12.3. The van der Waals surface area contributed by atoms with Crippen LogP contribution in [0, 0.1) is 5.92 Å². The molecule has 0 bridgehead atoms. The van der Waals surface area contributed by atoms with Crippen molar-refractivity contribution in [2.75, 3.05) is 6.61 Å². The van der Waals surface area contributed by atoms with E-state index in [1.807, 2.05) is 0 Å². The molecule has 2 nitrogen and oxygen atoms in total.